The summed E-state index contributed by atoms with van der Waals surface area (Å²) in [4.78, 5) is 0. The first-order valence-electron chi connectivity index (χ1n) is 5.15. The molecule has 0 saturated heterocycles. The lowest BCUT2D eigenvalue weighted by molar-refractivity contribution is -0.134. The zero-order valence-corrected chi connectivity index (χ0v) is 10.4. The fourth-order valence-corrected chi connectivity index (χ4v) is 2.38. The van der Waals surface area contributed by atoms with Crippen LogP contribution in [0.25, 0.3) is 0 Å². The van der Waals surface area contributed by atoms with Crippen molar-refractivity contribution in [3.8, 4) is 5.75 Å². The largest absolute Gasteiger partial charge is 0.505 e. The maximum Gasteiger partial charge on any atom is 0.389 e. The van der Waals surface area contributed by atoms with Crippen molar-refractivity contribution in [3.05, 3.63) is 24.0 Å². The Kier molecular flexibility index (Phi) is 4.61. The van der Waals surface area contributed by atoms with Gasteiger partial charge in [-0.25, -0.2) is 12.8 Å². The molecule has 108 valence electrons. The highest BCUT2D eigenvalue weighted by Gasteiger charge is 2.27. The fourth-order valence-electron chi connectivity index (χ4n) is 1.26. The van der Waals surface area contributed by atoms with E-state index in [0.29, 0.717) is 0 Å². The second kappa shape index (κ2) is 5.64. The lowest BCUT2D eigenvalue weighted by Crippen LogP contribution is -2.18. The first-order valence-corrected chi connectivity index (χ1v) is 6.80. The summed E-state index contributed by atoms with van der Waals surface area (Å²) in [6, 6.07) is 2.76. The Morgan fingerprint density at radius 1 is 1.26 bits per heavy atom. The fraction of sp³-hybridized carbons (Fsp3) is 0.400. The van der Waals surface area contributed by atoms with E-state index < -0.39 is 46.4 Å². The molecule has 1 rings (SSSR count). The molecule has 0 atom stereocenters. The van der Waals surface area contributed by atoms with Crippen molar-refractivity contribution in [3.63, 3.8) is 0 Å². The quantitative estimate of drug-likeness (QED) is 0.649. The molecule has 0 radical (unpaired) electrons. The summed E-state index contributed by atoms with van der Waals surface area (Å²) in [7, 11) is -3.98. The van der Waals surface area contributed by atoms with Gasteiger partial charge in [0.2, 0.25) is 10.0 Å². The number of benzene rings is 1. The first kappa shape index (κ1) is 15.5. The molecular weight excluding hydrogens is 290 g/mol. The molecule has 0 amide bonds. The zero-order chi connectivity index (χ0) is 14.7. The van der Waals surface area contributed by atoms with E-state index in [-0.39, 0.29) is 5.69 Å². The molecule has 0 bridgehead atoms. The van der Waals surface area contributed by atoms with Crippen molar-refractivity contribution >= 4 is 15.7 Å². The lowest BCUT2D eigenvalue weighted by Gasteiger charge is -2.09. The van der Waals surface area contributed by atoms with Crippen molar-refractivity contribution < 1.29 is 31.1 Å². The number of hydrogen-bond acceptors (Lipinski definition) is 3. The molecule has 0 saturated carbocycles. The third-order valence-electron chi connectivity index (χ3n) is 2.09. The Hall–Kier alpha value is -1.51. The van der Waals surface area contributed by atoms with E-state index in [4.69, 9.17) is 5.11 Å². The van der Waals surface area contributed by atoms with E-state index in [1.165, 1.54) is 0 Å². The van der Waals surface area contributed by atoms with Gasteiger partial charge in [-0.1, -0.05) is 0 Å². The van der Waals surface area contributed by atoms with Crippen LogP contribution in [-0.4, -0.2) is 25.5 Å². The Morgan fingerprint density at radius 2 is 1.89 bits per heavy atom. The molecule has 4 nitrogen and oxygen atoms in total. The average molecular weight is 301 g/mol. The van der Waals surface area contributed by atoms with E-state index in [1.807, 2.05) is 4.72 Å². The Bertz CT molecular complexity index is 542. The van der Waals surface area contributed by atoms with Gasteiger partial charge in [0.25, 0.3) is 0 Å². The predicted octanol–water partition coefficient (Wildman–Crippen LogP) is 2.62. The number of nitrogens with one attached hydrogen (secondary N) is 1. The number of sulfonamides is 1. The van der Waals surface area contributed by atoms with Crippen LogP contribution in [0.2, 0.25) is 0 Å². The molecule has 0 aliphatic heterocycles. The summed E-state index contributed by atoms with van der Waals surface area (Å²) < 4.78 is 73.3. The summed E-state index contributed by atoms with van der Waals surface area (Å²) >= 11 is 0. The smallest absolute Gasteiger partial charge is 0.389 e. The van der Waals surface area contributed by atoms with Crippen LogP contribution >= 0.6 is 0 Å². The second-order valence-corrected chi connectivity index (χ2v) is 5.65. The molecule has 1 aromatic carbocycles. The van der Waals surface area contributed by atoms with Gasteiger partial charge in [-0.3, -0.25) is 4.72 Å². The third kappa shape index (κ3) is 5.77. The normalized spacial score (nSPS) is 12.4. The Balaban J connectivity index is 2.61. The van der Waals surface area contributed by atoms with Crippen LogP contribution in [0.15, 0.2) is 18.2 Å². The maximum atomic E-state index is 12.9. The minimum Gasteiger partial charge on any atom is -0.505 e. The van der Waals surface area contributed by atoms with Gasteiger partial charge in [0.1, 0.15) is 0 Å². The zero-order valence-electron chi connectivity index (χ0n) is 9.54. The van der Waals surface area contributed by atoms with Crippen LogP contribution in [0, 0.1) is 5.82 Å². The number of alkyl halides is 3. The van der Waals surface area contributed by atoms with Crippen LogP contribution in [0.1, 0.15) is 12.8 Å². The van der Waals surface area contributed by atoms with Crippen LogP contribution in [-0.2, 0) is 10.0 Å². The average Bonchev–Trinajstić information content (AvgIpc) is 2.20. The van der Waals surface area contributed by atoms with E-state index in [0.717, 1.165) is 18.2 Å². The minimum atomic E-state index is -4.42. The highest BCUT2D eigenvalue weighted by Crippen LogP contribution is 2.23. The molecule has 0 aromatic heterocycles. The number of anilines is 1. The number of hydrogen-bond donors (Lipinski definition) is 2. The molecule has 0 heterocycles. The number of halogens is 4. The van der Waals surface area contributed by atoms with E-state index in [9.17, 15) is 26.0 Å². The summed E-state index contributed by atoms with van der Waals surface area (Å²) in [6.07, 6.45) is -6.21. The predicted molar refractivity (Wildman–Crippen MR) is 60.8 cm³/mol. The minimum absolute atomic E-state index is 0.165. The van der Waals surface area contributed by atoms with Crippen molar-refractivity contribution in [2.24, 2.45) is 0 Å². The van der Waals surface area contributed by atoms with Crippen molar-refractivity contribution in [1.29, 1.82) is 0 Å². The summed E-state index contributed by atoms with van der Waals surface area (Å²) in [5, 5.41) is 8.90. The van der Waals surface area contributed by atoms with Gasteiger partial charge in [0.05, 0.1) is 11.4 Å². The SMILES string of the molecule is O=S(=O)(CCCC(F)(F)F)Nc1ccc(O)c(F)c1. The number of rotatable bonds is 5. The van der Waals surface area contributed by atoms with E-state index in [2.05, 4.69) is 0 Å². The lowest BCUT2D eigenvalue weighted by atomic mass is 10.3. The third-order valence-corrected chi connectivity index (χ3v) is 3.47. The van der Waals surface area contributed by atoms with Crippen LogP contribution in [0.5, 0.6) is 5.75 Å². The van der Waals surface area contributed by atoms with Crippen LogP contribution in [0.3, 0.4) is 0 Å². The Labute approximate surface area is 107 Å². The van der Waals surface area contributed by atoms with Gasteiger partial charge in [0, 0.05) is 12.5 Å². The summed E-state index contributed by atoms with van der Waals surface area (Å²) in [5.41, 5.74) is -0.165. The van der Waals surface area contributed by atoms with E-state index in [1.54, 1.807) is 0 Å². The second-order valence-electron chi connectivity index (χ2n) is 3.81. The number of aromatic hydroxyl groups is 1. The molecule has 0 unspecified atom stereocenters. The number of phenols is 1. The molecular formula is C10H11F4NO3S. The van der Waals surface area contributed by atoms with Gasteiger partial charge in [-0.2, -0.15) is 13.2 Å². The molecule has 0 aliphatic carbocycles. The molecule has 19 heavy (non-hydrogen) atoms. The number of phenolic OH excluding ortho intramolecular Hbond substituents is 1. The van der Waals surface area contributed by atoms with Crippen molar-refractivity contribution in [2.45, 2.75) is 19.0 Å². The monoisotopic (exact) mass is 301 g/mol. The van der Waals surface area contributed by atoms with Gasteiger partial charge in [0.15, 0.2) is 11.6 Å². The van der Waals surface area contributed by atoms with Crippen molar-refractivity contribution in [1.82, 2.24) is 0 Å². The van der Waals surface area contributed by atoms with Gasteiger partial charge >= 0.3 is 6.18 Å². The standard InChI is InChI=1S/C10H11F4NO3S/c11-8-6-7(2-3-9(8)16)15-19(17,18)5-1-4-10(12,13)14/h2-3,6,15-16H,1,4-5H2. The summed E-state index contributed by atoms with van der Waals surface area (Å²) in [6.45, 7) is 0. The molecule has 0 aliphatic rings. The van der Waals surface area contributed by atoms with Crippen LogP contribution < -0.4 is 4.72 Å². The van der Waals surface area contributed by atoms with Gasteiger partial charge in [-0.05, 0) is 18.6 Å². The Morgan fingerprint density at radius 3 is 2.42 bits per heavy atom. The van der Waals surface area contributed by atoms with Crippen molar-refractivity contribution in [2.75, 3.05) is 10.5 Å². The first-order chi connectivity index (χ1) is 8.59. The highest BCUT2D eigenvalue weighted by atomic mass is 32.2. The van der Waals surface area contributed by atoms with Gasteiger partial charge < -0.3 is 5.11 Å². The highest BCUT2D eigenvalue weighted by molar-refractivity contribution is 7.92. The molecule has 1 aromatic rings. The summed E-state index contributed by atoms with van der Waals surface area (Å²) in [5.74, 6) is -2.41. The topological polar surface area (TPSA) is 66.4 Å². The maximum absolute atomic E-state index is 12.9. The van der Waals surface area contributed by atoms with Gasteiger partial charge in [-0.15, -0.1) is 0 Å². The van der Waals surface area contributed by atoms with Crippen LogP contribution in [0.4, 0.5) is 23.2 Å². The molecule has 0 fully saturated rings. The molecule has 9 heteroatoms. The van der Waals surface area contributed by atoms with E-state index >= 15 is 0 Å². The molecule has 0 spiro atoms. The molecule has 2 N–H and O–H groups in total.